The van der Waals surface area contributed by atoms with E-state index in [2.05, 4.69) is 0 Å². The second kappa shape index (κ2) is 3.47. The van der Waals surface area contributed by atoms with Crippen LogP contribution in [-0.4, -0.2) is 10.6 Å². The Hall–Kier alpha value is -0.270. The molecule has 0 unspecified atom stereocenters. The van der Waals surface area contributed by atoms with Crippen LogP contribution in [0, 0.1) is 5.41 Å². The van der Waals surface area contributed by atoms with Gasteiger partial charge in [-0.15, -0.1) is 23.2 Å². The topological polar surface area (TPSA) is 17.1 Å². The zero-order chi connectivity index (χ0) is 10.2. The van der Waals surface area contributed by atoms with Gasteiger partial charge in [0.05, 0.1) is 0 Å². The quantitative estimate of drug-likeness (QED) is 0.618. The van der Waals surface area contributed by atoms with Gasteiger partial charge in [-0.1, -0.05) is 11.6 Å². The number of alkyl halides is 2. The minimum atomic E-state index is -0.521. The van der Waals surface area contributed by atoms with Crippen LogP contribution in [0.2, 0.25) is 0 Å². The Morgan fingerprint density at radius 2 is 1.92 bits per heavy atom. The molecule has 72 valence electrons. The first-order valence-corrected chi connectivity index (χ1v) is 4.96. The van der Waals surface area contributed by atoms with Crippen LogP contribution in [0.3, 0.4) is 0 Å². The lowest BCUT2D eigenvalue weighted by Gasteiger charge is -2.31. The Bertz CT molecular complexity index is 302. The van der Waals surface area contributed by atoms with Crippen molar-refractivity contribution in [3.05, 3.63) is 23.3 Å². The third-order valence-electron chi connectivity index (χ3n) is 2.56. The summed E-state index contributed by atoms with van der Waals surface area (Å²) >= 11 is 11.7. The van der Waals surface area contributed by atoms with Crippen molar-refractivity contribution < 1.29 is 4.79 Å². The Balaban J connectivity index is 3.15. The van der Waals surface area contributed by atoms with Gasteiger partial charge in [0.25, 0.3) is 0 Å². The summed E-state index contributed by atoms with van der Waals surface area (Å²) in [6.07, 6.45) is 3.45. The summed E-state index contributed by atoms with van der Waals surface area (Å²) in [6.45, 7) is 5.58. The maximum atomic E-state index is 11.3. The van der Waals surface area contributed by atoms with E-state index in [1.165, 1.54) is 0 Å². The van der Waals surface area contributed by atoms with Crippen molar-refractivity contribution in [3.63, 3.8) is 0 Å². The number of allylic oxidation sites excluding steroid dienone is 4. The third-order valence-corrected chi connectivity index (χ3v) is 3.46. The van der Waals surface area contributed by atoms with Crippen molar-refractivity contribution in [3.8, 4) is 0 Å². The summed E-state index contributed by atoms with van der Waals surface area (Å²) in [5.41, 5.74) is 1.22. The highest BCUT2D eigenvalue weighted by Crippen LogP contribution is 2.41. The van der Waals surface area contributed by atoms with Gasteiger partial charge in [-0.25, -0.2) is 0 Å². The van der Waals surface area contributed by atoms with Crippen LogP contribution in [0.25, 0.3) is 0 Å². The van der Waals surface area contributed by atoms with Gasteiger partial charge in [0, 0.05) is 5.41 Å². The fraction of sp³-hybridized carbons (Fsp3) is 0.500. The zero-order valence-corrected chi connectivity index (χ0v) is 9.41. The molecule has 0 heterocycles. The number of carbonyl (C=O) groups excluding carboxylic acids is 1. The molecule has 0 fully saturated rings. The van der Waals surface area contributed by atoms with E-state index in [4.69, 9.17) is 23.2 Å². The first-order chi connectivity index (χ1) is 5.88. The number of hydrogen-bond acceptors (Lipinski definition) is 1. The summed E-state index contributed by atoms with van der Waals surface area (Å²) in [6, 6.07) is 0. The molecular formula is C10H12Cl2O. The molecule has 13 heavy (non-hydrogen) atoms. The lowest BCUT2D eigenvalue weighted by Crippen LogP contribution is -2.27. The predicted molar refractivity (Wildman–Crippen MR) is 56.1 cm³/mol. The molecule has 0 saturated carbocycles. The minimum absolute atomic E-state index is 0.0453. The molecule has 1 rings (SSSR count). The molecule has 0 aliphatic heterocycles. The average Bonchev–Trinajstić information content (AvgIpc) is 2.01. The summed E-state index contributed by atoms with van der Waals surface area (Å²) in [5, 5.41) is 0. The molecule has 0 spiro atoms. The van der Waals surface area contributed by atoms with Crippen LogP contribution in [0.4, 0.5) is 0 Å². The highest BCUT2D eigenvalue weighted by atomic mass is 35.5. The fourth-order valence-corrected chi connectivity index (χ4v) is 1.81. The molecule has 0 amide bonds. The molecule has 1 atom stereocenters. The van der Waals surface area contributed by atoms with Crippen molar-refractivity contribution in [1.29, 1.82) is 0 Å². The molecule has 0 aromatic rings. The van der Waals surface area contributed by atoms with Gasteiger partial charge in [0.15, 0.2) is 5.78 Å². The minimum Gasteiger partial charge on any atom is -0.290 e. The van der Waals surface area contributed by atoms with Crippen molar-refractivity contribution in [2.45, 2.75) is 25.6 Å². The van der Waals surface area contributed by atoms with Crippen LogP contribution in [-0.2, 0) is 4.79 Å². The molecular weight excluding hydrogens is 207 g/mol. The van der Waals surface area contributed by atoms with E-state index < -0.39 is 10.3 Å². The molecule has 0 bridgehead atoms. The van der Waals surface area contributed by atoms with Gasteiger partial charge in [-0.2, -0.15) is 0 Å². The van der Waals surface area contributed by atoms with Gasteiger partial charge < -0.3 is 0 Å². The number of carbonyl (C=O) groups is 1. The van der Waals surface area contributed by atoms with E-state index >= 15 is 0 Å². The Morgan fingerprint density at radius 3 is 2.38 bits per heavy atom. The number of hydrogen-bond donors (Lipinski definition) is 0. The van der Waals surface area contributed by atoms with Gasteiger partial charge in [-0.05, 0) is 32.4 Å². The van der Waals surface area contributed by atoms with Gasteiger partial charge in [0.2, 0.25) is 0 Å². The lowest BCUT2D eigenvalue weighted by atomic mass is 9.78. The van der Waals surface area contributed by atoms with E-state index in [0.717, 1.165) is 5.57 Å². The van der Waals surface area contributed by atoms with Crippen molar-refractivity contribution in [1.82, 2.24) is 0 Å². The molecule has 0 saturated heterocycles. The third kappa shape index (κ3) is 1.82. The normalized spacial score (nSPS) is 28.9. The molecule has 1 nitrogen and oxygen atoms in total. The van der Waals surface area contributed by atoms with Crippen LogP contribution < -0.4 is 0 Å². The zero-order valence-electron chi connectivity index (χ0n) is 7.90. The first-order valence-electron chi connectivity index (χ1n) is 4.08. The van der Waals surface area contributed by atoms with E-state index in [-0.39, 0.29) is 5.78 Å². The Morgan fingerprint density at radius 1 is 1.38 bits per heavy atom. The molecule has 1 aliphatic carbocycles. The standard InChI is InChI=1S/C10H12Cl2O/c1-6-5-10(3,9(11)12)7(2)4-8(6)13/h4-5,9H,1-3H3/t10-/m1/s1. The second-order valence-corrected chi connectivity index (χ2v) is 4.70. The maximum Gasteiger partial charge on any atom is 0.181 e. The molecule has 3 heteroatoms. The fourth-order valence-electron chi connectivity index (χ4n) is 1.34. The predicted octanol–water partition coefficient (Wildman–Crippen LogP) is 3.27. The molecule has 0 aromatic carbocycles. The number of rotatable bonds is 1. The van der Waals surface area contributed by atoms with E-state index in [1.54, 1.807) is 13.0 Å². The van der Waals surface area contributed by atoms with Crippen molar-refractivity contribution in [2.24, 2.45) is 5.41 Å². The SMILES string of the molecule is CC1=C[C@@](C)(C(Cl)Cl)C(C)=CC1=O. The van der Waals surface area contributed by atoms with Crippen molar-refractivity contribution in [2.75, 3.05) is 0 Å². The molecule has 0 N–H and O–H groups in total. The summed E-state index contributed by atoms with van der Waals surface area (Å²) in [4.78, 5) is 10.8. The van der Waals surface area contributed by atoms with Crippen LogP contribution in [0.1, 0.15) is 20.8 Å². The summed E-state index contributed by atoms with van der Waals surface area (Å²) in [5.74, 6) is 0.0453. The molecule has 1 aliphatic rings. The van der Waals surface area contributed by atoms with Gasteiger partial charge in [0.1, 0.15) is 4.84 Å². The summed E-state index contributed by atoms with van der Waals surface area (Å²) in [7, 11) is 0. The first kappa shape index (κ1) is 10.8. The maximum absolute atomic E-state index is 11.3. The van der Waals surface area contributed by atoms with Crippen molar-refractivity contribution >= 4 is 29.0 Å². The van der Waals surface area contributed by atoms with Gasteiger partial charge in [-0.3, -0.25) is 4.79 Å². The molecule has 0 radical (unpaired) electrons. The highest BCUT2D eigenvalue weighted by Gasteiger charge is 2.34. The smallest absolute Gasteiger partial charge is 0.181 e. The van der Waals surface area contributed by atoms with Crippen LogP contribution in [0.5, 0.6) is 0 Å². The Kier molecular flexibility index (Phi) is 2.88. The number of halogens is 2. The number of ketones is 1. The van der Waals surface area contributed by atoms with Gasteiger partial charge >= 0.3 is 0 Å². The van der Waals surface area contributed by atoms with Crippen LogP contribution in [0.15, 0.2) is 23.3 Å². The van der Waals surface area contributed by atoms with Crippen LogP contribution >= 0.6 is 23.2 Å². The second-order valence-electron chi connectivity index (χ2n) is 3.60. The van der Waals surface area contributed by atoms with E-state index in [1.807, 2.05) is 19.9 Å². The summed E-state index contributed by atoms with van der Waals surface area (Å²) < 4.78 is 0. The lowest BCUT2D eigenvalue weighted by molar-refractivity contribution is -0.111. The van der Waals surface area contributed by atoms with E-state index in [0.29, 0.717) is 5.57 Å². The Labute approximate surface area is 88.4 Å². The monoisotopic (exact) mass is 218 g/mol. The average molecular weight is 219 g/mol. The largest absolute Gasteiger partial charge is 0.290 e. The molecule has 0 aromatic heterocycles. The highest BCUT2D eigenvalue weighted by molar-refractivity contribution is 6.45. The van der Waals surface area contributed by atoms with E-state index in [9.17, 15) is 4.79 Å².